The van der Waals surface area contributed by atoms with Crippen LogP contribution in [0.25, 0.3) is 0 Å². The average molecular weight is 344 g/mol. The Kier molecular flexibility index (Phi) is 4.83. The molecule has 0 unspecified atom stereocenters. The SMILES string of the molecule is N[C@@H]1[C@@H](O)[C@H]2OCCC[C@@H]2O[C@H]1[C@H]1O[C@H]2CCCO[C@@H]2[C@H](N)[C@H]1O. The largest absolute Gasteiger partial charge is 0.389 e. The van der Waals surface area contributed by atoms with Crippen LogP contribution in [0.1, 0.15) is 25.7 Å². The third-order valence-electron chi connectivity index (χ3n) is 5.83. The smallest absolute Gasteiger partial charge is 0.113 e. The maximum absolute atomic E-state index is 10.7. The van der Waals surface area contributed by atoms with E-state index in [0.717, 1.165) is 25.7 Å². The Balaban J connectivity index is 1.53. The molecule has 8 nitrogen and oxygen atoms in total. The van der Waals surface area contributed by atoms with Gasteiger partial charge in [-0.25, -0.2) is 0 Å². The van der Waals surface area contributed by atoms with E-state index in [1.165, 1.54) is 0 Å². The summed E-state index contributed by atoms with van der Waals surface area (Å²) in [5.74, 6) is 0. The van der Waals surface area contributed by atoms with Gasteiger partial charge in [0.2, 0.25) is 0 Å². The van der Waals surface area contributed by atoms with Crippen molar-refractivity contribution in [1.29, 1.82) is 0 Å². The molecule has 138 valence electrons. The van der Waals surface area contributed by atoms with Gasteiger partial charge in [-0.05, 0) is 25.7 Å². The minimum atomic E-state index is -0.950. The first-order valence-electron chi connectivity index (χ1n) is 8.99. The Morgan fingerprint density at radius 3 is 1.88 bits per heavy atom. The molecule has 24 heavy (non-hydrogen) atoms. The van der Waals surface area contributed by atoms with Gasteiger partial charge in [-0.15, -0.1) is 0 Å². The lowest BCUT2D eigenvalue weighted by Crippen LogP contribution is -2.72. The molecule has 0 radical (unpaired) electrons. The molecular formula is C16H28N2O6. The maximum atomic E-state index is 10.7. The predicted molar refractivity (Wildman–Crippen MR) is 83.2 cm³/mol. The summed E-state index contributed by atoms with van der Waals surface area (Å²) in [6.07, 6.45) is -0.794. The van der Waals surface area contributed by atoms with Crippen LogP contribution in [0.4, 0.5) is 0 Å². The Labute approximate surface area is 141 Å². The lowest BCUT2D eigenvalue weighted by Gasteiger charge is -2.52. The van der Waals surface area contributed by atoms with E-state index in [9.17, 15) is 10.2 Å². The first kappa shape index (κ1) is 17.1. The molecule has 4 heterocycles. The fraction of sp³-hybridized carbons (Fsp3) is 1.00. The van der Waals surface area contributed by atoms with Gasteiger partial charge >= 0.3 is 0 Å². The zero-order valence-electron chi connectivity index (χ0n) is 13.7. The summed E-state index contributed by atoms with van der Waals surface area (Å²) < 4.78 is 23.5. The zero-order chi connectivity index (χ0) is 16.8. The van der Waals surface area contributed by atoms with Gasteiger partial charge in [0, 0.05) is 13.2 Å². The number of rotatable bonds is 1. The Morgan fingerprint density at radius 2 is 1.17 bits per heavy atom. The Hall–Kier alpha value is -0.320. The van der Waals surface area contributed by atoms with Gasteiger partial charge in [0.1, 0.15) is 36.6 Å². The number of hydrogen-bond acceptors (Lipinski definition) is 8. The fourth-order valence-electron chi connectivity index (χ4n) is 4.49. The fourth-order valence-corrected chi connectivity index (χ4v) is 4.49. The van der Waals surface area contributed by atoms with Crippen LogP contribution in [0.3, 0.4) is 0 Å². The van der Waals surface area contributed by atoms with Crippen molar-refractivity contribution in [3.05, 3.63) is 0 Å². The monoisotopic (exact) mass is 344 g/mol. The molecule has 4 fully saturated rings. The van der Waals surface area contributed by atoms with E-state index in [2.05, 4.69) is 0 Å². The molecule has 4 aliphatic rings. The van der Waals surface area contributed by atoms with Crippen molar-refractivity contribution in [1.82, 2.24) is 0 Å². The third-order valence-corrected chi connectivity index (χ3v) is 5.83. The van der Waals surface area contributed by atoms with E-state index in [1.807, 2.05) is 0 Å². The summed E-state index contributed by atoms with van der Waals surface area (Å²) in [5.41, 5.74) is 12.4. The van der Waals surface area contributed by atoms with Gasteiger partial charge in [-0.2, -0.15) is 0 Å². The highest BCUT2D eigenvalue weighted by atomic mass is 16.6. The van der Waals surface area contributed by atoms with Crippen LogP contribution in [0.2, 0.25) is 0 Å². The van der Waals surface area contributed by atoms with Crippen molar-refractivity contribution in [3.63, 3.8) is 0 Å². The molecule has 0 aromatic rings. The molecule has 4 saturated heterocycles. The van der Waals surface area contributed by atoms with Crippen molar-refractivity contribution >= 4 is 0 Å². The van der Waals surface area contributed by atoms with Crippen molar-refractivity contribution < 1.29 is 29.2 Å². The summed E-state index contributed by atoms with van der Waals surface area (Å²) in [5, 5.41) is 21.2. The minimum absolute atomic E-state index is 0.171. The summed E-state index contributed by atoms with van der Waals surface area (Å²) in [7, 11) is 0. The molecule has 0 aromatic carbocycles. The topological polar surface area (TPSA) is 129 Å². The highest BCUT2D eigenvalue weighted by molar-refractivity contribution is 5.06. The van der Waals surface area contributed by atoms with E-state index >= 15 is 0 Å². The van der Waals surface area contributed by atoms with Crippen LogP contribution in [-0.2, 0) is 18.9 Å². The number of aliphatic hydroxyl groups is 2. The summed E-state index contributed by atoms with van der Waals surface area (Å²) in [6, 6.07) is -1.25. The molecule has 10 atom stereocenters. The Morgan fingerprint density at radius 1 is 0.667 bits per heavy atom. The molecule has 0 aliphatic carbocycles. The second-order valence-corrected chi connectivity index (χ2v) is 7.37. The number of aliphatic hydroxyl groups excluding tert-OH is 2. The van der Waals surface area contributed by atoms with Crippen LogP contribution in [0.5, 0.6) is 0 Å². The standard InChI is InChI=1S/C16H28N2O6/c17-9-12(20)16(24-7-3-1-5-21-13(7)9)15-10(18)11(19)14-8(23-15)4-2-6-22-14/h7-16,19-20H,1-6,17-18H2/t7-,8-,9+,10+,11+,12+,13-,14-,15+,16-/m0/s1. The van der Waals surface area contributed by atoms with Gasteiger partial charge in [-0.1, -0.05) is 0 Å². The lowest BCUT2D eigenvalue weighted by molar-refractivity contribution is -0.280. The zero-order valence-corrected chi connectivity index (χ0v) is 13.7. The molecule has 0 aromatic heterocycles. The first-order valence-corrected chi connectivity index (χ1v) is 8.99. The van der Waals surface area contributed by atoms with Crippen LogP contribution in [0, 0.1) is 0 Å². The number of hydrogen-bond donors (Lipinski definition) is 4. The molecule has 0 amide bonds. The quantitative estimate of drug-likeness (QED) is 0.441. The number of ether oxygens (including phenoxy) is 4. The molecule has 4 aliphatic heterocycles. The highest BCUT2D eigenvalue weighted by Crippen LogP contribution is 2.36. The summed E-state index contributed by atoms with van der Waals surface area (Å²) in [6.45, 7) is 1.24. The predicted octanol–water partition coefficient (Wildman–Crippen LogP) is -1.74. The van der Waals surface area contributed by atoms with E-state index in [0.29, 0.717) is 13.2 Å². The highest BCUT2D eigenvalue weighted by Gasteiger charge is 2.54. The maximum Gasteiger partial charge on any atom is 0.113 e. The van der Waals surface area contributed by atoms with Crippen molar-refractivity contribution in [2.45, 2.75) is 86.6 Å². The molecule has 0 spiro atoms. The minimum Gasteiger partial charge on any atom is -0.389 e. The van der Waals surface area contributed by atoms with Gasteiger partial charge in [0.25, 0.3) is 0 Å². The van der Waals surface area contributed by atoms with Gasteiger partial charge < -0.3 is 40.6 Å². The van der Waals surface area contributed by atoms with Crippen LogP contribution >= 0.6 is 0 Å². The van der Waals surface area contributed by atoms with E-state index < -0.39 is 42.6 Å². The summed E-state index contributed by atoms with van der Waals surface area (Å²) >= 11 is 0. The molecular weight excluding hydrogens is 316 g/mol. The van der Waals surface area contributed by atoms with E-state index in [4.69, 9.17) is 30.4 Å². The molecule has 0 bridgehead atoms. The van der Waals surface area contributed by atoms with Crippen LogP contribution in [0.15, 0.2) is 0 Å². The van der Waals surface area contributed by atoms with Crippen molar-refractivity contribution in [3.8, 4) is 0 Å². The first-order chi connectivity index (χ1) is 11.6. The van der Waals surface area contributed by atoms with Gasteiger partial charge in [0.05, 0.1) is 24.3 Å². The van der Waals surface area contributed by atoms with Crippen LogP contribution in [-0.4, -0.2) is 84.3 Å². The molecule has 8 heteroatoms. The van der Waals surface area contributed by atoms with Gasteiger partial charge in [-0.3, -0.25) is 0 Å². The molecule has 6 N–H and O–H groups in total. The second kappa shape index (κ2) is 6.77. The summed E-state index contributed by atoms with van der Waals surface area (Å²) in [4.78, 5) is 0. The van der Waals surface area contributed by atoms with Crippen molar-refractivity contribution in [2.75, 3.05) is 13.2 Å². The van der Waals surface area contributed by atoms with E-state index in [-0.39, 0.29) is 18.3 Å². The number of fused-ring (bicyclic) bond motifs is 2. The average Bonchev–Trinajstić information content (AvgIpc) is 2.61. The third kappa shape index (κ3) is 2.79. The van der Waals surface area contributed by atoms with Gasteiger partial charge in [0.15, 0.2) is 0 Å². The normalized spacial score (nSPS) is 55.5. The van der Waals surface area contributed by atoms with Crippen LogP contribution < -0.4 is 11.5 Å². The lowest BCUT2D eigenvalue weighted by atomic mass is 9.82. The second-order valence-electron chi connectivity index (χ2n) is 7.37. The van der Waals surface area contributed by atoms with Crippen molar-refractivity contribution in [2.24, 2.45) is 11.5 Å². The van der Waals surface area contributed by atoms with E-state index in [1.54, 1.807) is 0 Å². The number of nitrogens with two attached hydrogens (primary N) is 2. The molecule has 4 rings (SSSR count). The Bertz CT molecular complexity index is 410. The molecule has 0 saturated carbocycles.